The molecule has 3 nitrogen and oxygen atoms in total. The average Bonchev–Trinajstić information content (AvgIpc) is 3.07. The van der Waals surface area contributed by atoms with Crippen LogP contribution in [0.5, 0.6) is 5.75 Å². The molecule has 0 bridgehead atoms. The van der Waals surface area contributed by atoms with Crippen LogP contribution in [-0.2, 0) is 0 Å². The van der Waals surface area contributed by atoms with Crippen LogP contribution in [0.1, 0.15) is 5.56 Å². The molecular formula is C21H14INO2. The molecule has 1 heterocycles. The van der Waals surface area contributed by atoms with E-state index < -0.39 is 0 Å². The van der Waals surface area contributed by atoms with Crippen molar-refractivity contribution in [3.8, 4) is 17.1 Å². The minimum absolute atomic E-state index is 0.285. The maximum absolute atomic E-state index is 9.56. The summed E-state index contributed by atoms with van der Waals surface area (Å²) in [5.74, 6) is 1.14. The van der Waals surface area contributed by atoms with Gasteiger partial charge >= 0.3 is 0 Å². The van der Waals surface area contributed by atoms with Crippen LogP contribution in [0.25, 0.3) is 22.3 Å². The van der Waals surface area contributed by atoms with Crippen molar-refractivity contribution >= 4 is 45.5 Å². The lowest BCUT2D eigenvalue weighted by Gasteiger charge is -1.99. The molecule has 3 aromatic carbocycles. The van der Waals surface area contributed by atoms with Crippen LogP contribution in [-0.4, -0.2) is 11.3 Å². The zero-order chi connectivity index (χ0) is 17.2. The fourth-order valence-corrected chi connectivity index (χ4v) is 3.13. The number of hydrogen-bond donors (Lipinski definition) is 1. The zero-order valence-electron chi connectivity index (χ0n) is 13.2. The number of halogens is 1. The molecule has 25 heavy (non-hydrogen) atoms. The van der Waals surface area contributed by atoms with Gasteiger partial charge in [0.05, 0.1) is 9.26 Å². The number of nitrogens with zero attached hydrogens (tertiary/aromatic N) is 1. The Bertz CT molecular complexity index is 1030. The van der Waals surface area contributed by atoms with Gasteiger partial charge in [0, 0.05) is 17.2 Å². The van der Waals surface area contributed by atoms with E-state index in [0.717, 1.165) is 37.1 Å². The van der Waals surface area contributed by atoms with E-state index in [0.29, 0.717) is 0 Å². The van der Waals surface area contributed by atoms with Crippen molar-refractivity contribution in [3.05, 3.63) is 81.9 Å². The molecule has 0 saturated heterocycles. The quantitative estimate of drug-likeness (QED) is 0.307. The fraction of sp³-hybridized carbons (Fsp3) is 0. The van der Waals surface area contributed by atoms with Crippen molar-refractivity contribution in [1.29, 1.82) is 0 Å². The Morgan fingerprint density at radius 2 is 1.72 bits per heavy atom. The highest BCUT2D eigenvalue weighted by atomic mass is 127. The van der Waals surface area contributed by atoms with E-state index in [1.54, 1.807) is 12.3 Å². The van der Waals surface area contributed by atoms with Crippen molar-refractivity contribution < 1.29 is 9.52 Å². The van der Waals surface area contributed by atoms with Crippen molar-refractivity contribution in [2.24, 2.45) is 4.99 Å². The summed E-state index contributed by atoms with van der Waals surface area (Å²) >= 11 is 2.10. The minimum Gasteiger partial charge on any atom is -0.507 e. The van der Waals surface area contributed by atoms with Crippen molar-refractivity contribution in [2.45, 2.75) is 0 Å². The molecule has 4 heteroatoms. The number of phenolic OH excluding ortho intramolecular Hbond substituents is 1. The number of aliphatic imine (C=N–C) groups is 1. The number of benzene rings is 3. The SMILES string of the molecule is Oc1ccc(C=Nc2ccc(-c3cc4ccccc4o3)cc2)cc1I. The molecule has 0 saturated carbocycles. The van der Waals surface area contributed by atoms with Gasteiger partial charge in [-0.3, -0.25) is 4.99 Å². The van der Waals surface area contributed by atoms with Gasteiger partial charge in [-0.25, -0.2) is 0 Å². The van der Waals surface area contributed by atoms with Gasteiger partial charge < -0.3 is 9.52 Å². The molecular weight excluding hydrogens is 425 g/mol. The molecule has 0 radical (unpaired) electrons. The number of fused-ring (bicyclic) bond motifs is 1. The standard InChI is InChI=1S/C21H14INO2/c22-18-11-14(5-10-19(18)24)13-23-17-8-6-15(7-9-17)21-12-16-3-1-2-4-20(16)25-21/h1-13,24H. The first-order chi connectivity index (χ1) is 12.2. The predicted octanol–water partition coefficient (Wildman–Crippen LogP) is 6.16. The van der Waals surface area contributed by atoms with Crippen LogP contribution in [0.4, 0.5) is 5.69 Å². The molecule has 0 spiro atoms. The van der Waals surface area contributed by atoms with Crippen molar-refractivity contribution in [2.75, 3.05) is 0 Å². The van der Waals surface area contributed by atoms with Gasteiger partial charge in [0.25, 0.3) is 0 Å². The normalized spacial score (nSPS) is 11.4. The van der Waals surface area contributed by atoms with E-state index in [-0.39, 0.29) is 5.75 Å². The third kappa shape index (κ3) is 3.44. The topological polar surface area (TPSA) is 45.7 Å². The van der Waals surface area contributed by atoms with Gasteiger partial charge in [-0.2, -0.15) is 0 Å². The second-order valence-corrected chi connectivity index (χ2v) is 6.83. The van der Waals surface area contributed by atoms with Crippen LogP contribution in [0.15, 0.2) is 82.2 Å². The second-order valence-electron chi connectivity index (χ2n) is 5.66. The third-order valence-corrected chi connectivity index (χ3v) is 4.78. The highest BCUT2D eigenvalue weighted by Gasteiger charge is 2.05. The molecule has 4 rings (SSSR count). The Morgan fingerprint density at radius 1 is 0.920 bits per heavy atom. The summed E-state index contributed by atoms with van der Waals surface area (Å²) in [5, 5.41) is 10.7. The van der Waals surface area contributed by atoms with Crippen LogP contribution >= 0.6 is 22.6 Å². The fourth-order valence-electron chi connectivity index (χ4n) is 2.59. The van der Waals surface area contributed by atoms with Gasteiger partial charge in [-0.15, -0.1) is 0 Å². The molecule has 0 unspecified atom stereocenters. The molecule has 1 aromatic heterocycles. The zero-order valence-corrected chi connectivity index (χ0v) is 15.3. The number of phenols is 1. The van der Waals surface area contributed by atoms with E-state index in [1.807, 2.05) is 66.7 Å². The highest BCUT2D eigenvalue weighted by Crippen LogP contribution is 2.29. The van der Waals surface area contributed by atoms with Crippen LogP contribution in [0, 0.1) is 3.57 Å². The first kappa shape index (κ1) is 15.9. The third-order valence-electron chi connectivity index (χ3n) is 3.91. The first-order valence-electron chi connectivity index (χ1n) is 7.81. The van der Waals surface area contributed by atoms with E-state index in [1.165, 1.54) is 0 Å². The Balaban J connectivity index is 1.57. The maximum atomic E-state index is 9.56. The monoisotopic (exact) mass is 439 g/mol. The lowest BCUT2D eigenvalue weighted by Crippen LogP contribution is -1.82. The number of para-hydroxylation sites is 1. The number of rotatable bonds is 3. The predicted molar refractivity (Wildman–Crippen MR) is 110 cm³/mol. The molecule has 0 aliphatic rings. The number of furan rings is 1. The minimum atomic E-state index is 0.285. The van der Waals surface area contributed by atoms with Crippen LogP contribution < -0.4 is 0 Å². The van der Waals surface area contributed by atoms with E-state index in [4.69, 9.17) is 4.42 Å². The van der Waals surface area contributed by atoms with Crippen LogP contribution in [0.2, 0.25) is 0 Å². The molecule has 0 atom stereocenters. The Morgan fingerprint density at radius 3 is 2.48 bits per heavy atom. The first-order valence-corrected chi connectivity index (χ1v) is 8.88. The maximum Gasteiger partial charge on any atom is 0.135 e. The lowest BCUT2D eigenvalue weighted by molar-refractivity contribution is 0.471. The molecule has 4 aromatic rings. The summed E-state index contributed by atoms with van der Waals surface area (Å²) in [7, 11) is 0. The largest absolute Gasteiger partial charge is 0.507 e. The second kappa shape index (κ2) is 6.72. The molecule has 0 aliphatic heterocycles. The summed E-state index contributed by atoms with van der Waals surface area (Å²) in [6, 6.07) is 23.4. The van der Waals surface area contributed by atoms with Gasteiger partial charge in [-0.1, -0.05) is 18.2 Å². The summed E-state index contributed by atoms with van der Waals surface area (Å²) in [4.78, 5) is 4.48. The molecule has 122 valence electrons. The summed E-state index contributed by atoms with van der Waals surface area (Å²) < 4.78 is 6.69. The van der Waals surface area contributed by atoms with Gasteiger partial charge in [0.2, 0.25) is 0 Å². The summed E-state index contributed by atoms with van der Waals surface area (Å²) in [6.07, 6.45) is 1.79. The van der Waals surface area contributed by atoms with Crippen molar-refractivity contribution in [1.82, 2.24) is 0 Å². The molecule has 1 N–H and O–H groups in total. The summed E-state index contributed by atoms with van der Waals surface area (Å²) in [5.41, 5.74) is 3.72. The van der Waals surface area contributed by atoms with Gasteiger partial charge in [-0.05, 0) is 82.8 Å². The Hall–Kier alpha value is -2.60. The van der Waals surface area contributed by atoms with E-state index >= 15 is 0 Å². The van der Waals surface area contributed by atoms with Crippen molar-refractivity contribution in [3.63, 3.8) is 0 Å². The highest BCUT2D eigenvalue weighted by molar-refractivity contribution is 14.1. The van der Waals surface area contributed by atoms with E-state index in [9.17, 15) is 5.11 Å². The Labute approximate surface area is 158 Å². The molecule has 0 fully saturated rings. The number of aromatic hydroxyl groups is 1. The average molecular weight is 439 g/mol. The summed E-state index contributed by atoms with van der Waals surface area (Å²) in [6.45, 7) is 0. The lowest BCUT2D eigenvalue weighted by atomic mass is 10.1. The van der Waals surface area contributed by atoms with Crippen LogP contribution in [0.3, 0.4) is 0 Å². The number of hydrogen-bond acceptors (Lipinski definition) is 3. The Kier molecular flexibility index (Phi) is 4.28. The smallest absolute Gasteiger partial charge is 0.135 e. The molecule has 0 aliphatic carbocycles. The van der Waals surface area contributed by atoms with E-state index in [2.05, 4.69) is 27.6 Å². The van der Waals surface area contributed by atoms with Gasteiger partial charge in [0.1, 0.15) is 17.1 Å². The molecule has 0 amide bonds. The van der Waals surface area contributed by atoms with Gasteiger partial charge in [0.15, 0.2) is 0 Å².